The van der Waals surface area contributed by atoms with Gasteiger partial charge in [0, 0.05) is 16.8 Å². The van der Waals surface area contributed by atoms with Gasteiger partial charge in [-0.1, -0.05) is 57.1 Å². The van der Waals surface area contributed by atoms with Crippen molar-refractivity contribution in [2.45, 2.75) is 34.1 Å². The number of pyridine rings is 2. The maximum atomic E-state index is 8.67. The Morgan fingerprint density at radius 3 is 2.60 bits per heavy atom. The molecule has 0 aliphatic carbocycles. The minimum Gasteiger partial charge on any atom is -0.307 e. The van der Waals surface area contributed by atoms with Crippen LogP contribution in [0, 0.1) is 12.3 Å². The Morgan fingerprint density at radius 2 is 1.80 bits per heavy atom. The highest BCUT2D eigenvalue weighted by atomic mass is 15.0. The van der Waals surface area contributed by atoms with E-state index in [1.54, 1.807) is 0 Å². The van der Waals surface area contributed by atoms with E-state index in [-0.39, 0.29) is 5.41 Å². The molecule has 0 atom stereocenters. The van der Waals surface area contributed by atoms with E-state index < -0.39 is 0 Å². The molecule has 0 aliphatic heterocycles. The molecule has 3 heterocycles. The van der Waals surface area contributed by atoms with Gasteiger partial charge in [0.1, 0.15) is 7.05 Å². The molecular weight excluding hydrogens is 364 g/mol. The van der Waals surface area contributed by atoms with Crippen LogP contribution >= 0.6 is 0 Å². The van der Waals surface area contributed by atoms with E-state index in [2.05, 4.69) is 86.3 Å². The number of nitrogens with zero attached hydrogens (tertiary/aromatic N) is 2. The molecule has 0 N–H and O–H groups in total. The van der Waals surface area contributed by atoms with Gasteiger partial charge in [-0.2, -0.15) is 0 Å². The molecule has 0 amide bonds. The first-order valence-corrected chi connectivity index (χ1v) is 10.7. The molecule has 2 nitrogen and oxygen atoms in total. The van der Waals surface area contributed by atoms with E-state index in [4.69, 9.17) is 1.37 Å². The Balaban J connectivity index is 1.99. The van der Waals surface area contributed by atoms with E-state index in [9.17, 15) is 0 Å². The van der Waals surface area contributed by atoms with Crippen molar-refractivity contribution in [1.29, 1.82) is 0 Å². The number of hydrogen-bond acceptors (Lipinski definition) is 0. The SMILES string of the molecule is [2H]c1cccc2c1c1ccc(C)c3c1n2c1cc(CC(C)(C)C)cc2cc[n+](C)c3c21. The van der Waals surface area contributed by atoms with Crippen molar-refractivity contribution in [1.82, 2.24) is 4.40 Å². The average molecular weight is 393 g/mol. The van der Waals surface area contributed by atoms with E-state index in [1.807, 2.05) is 12.1 Å². The third kappa shape index (κ3) is 2.28. The molecule has 0 saturated carbocycles. The molecule has 6 rings (SSSR count). The van der Waals surface area contributed by atoms with Crippen LogP contribution in [0.2, 0.25) is 0 Å². The Morgan fingerprint density at radius 1 is 0.967 bits per heavy atom. The fraction of sp³-hybridized carbons (Fsp3) is 0.250. The lowest BCUT2D eigenvalue weighted by molar-refractivity contribution is -0.643. The van der Waals surface area contributed by atoms with Crippen molar-refractivity contribution in [2.75, 3.05) is 0 Å². The Kier molecular flexibility index (Phi) is 3.18. The van der Waals surface area contributed by atoms with E-state index in [0.717, 1.165) is 17.3 Å². The van der Waals surface area contributed by atoms with Crippen molar-refractivity contribution in [3.63, 3.8) is 0 Å². The molecule has 0 spiro atoms. The van der Waals surface area contributed by atoms with Crippen LogP contribution < -0.4 is 4.57 Å². The number of benzene rings is 3. The normalized spacial score (nSPS) is 13.4. The minimum atomic E-state index is 0.217. The zero-order valence-electron chi connectivity index (χ0n) is 19.3. The third-order valence-corrected chi connectivity index (χ3v) is 6.44. The van der Waals surface area contributed by atoms with Gasteiger partial charge in [-0.3, -0.25) is 0 Å². The maximum absolute atomic E-state index is 8.67. The molecule has 3 aromatic heterocycles. The van der Waals surface area contributed by atoms with Gasteiger partial charge >= 0.3 is 0 Å². The zero-order valence-corrected chi connectivity index (χ0v) is 18.3. The number of aromatic nitrogens is 2. The smallest absolute Gasteiger partial charge is 0.224 e. The molecule has 30 heavy (non-hydrogen) atoms. The first-order valence-electron chi connectivity index (χ1n) is 11.2. The summed E-state index contributed by atoms with van der Waals surface area (Å²) < 4.78 is 13.4. The Hall–Kier alpha value is -3.13. The summed E-state index contributed by atoms with van der Waals surface area (Å²) in [6.45, 7) is 9.10. The van der Waals surface area contributed by atoms with Gasteiger partial charge in [0.2, 0.25) is 5.52 Å². The third-order valence-electron chi connectivity index (χ3n) is 6.44. The summed E-state index contributed by atoms with van der Waals surface area (Å²) >= 11 is 0. The summed E-state index contributed by atoms with van der Waals surface area (Å²) in [5, 5.41) is 6.10. The maximum Gasteiger partial charge on any atom is 0.224 e. The van der Waals surface area contributed by atoms with Gasteiger partial charge in [-0.25, -0.2) is 4.57 Å². The molecule has 0 fully saturated rings. The van der Waals surface area contributed by atoms with Crippen molar-refractivity contribution in [3.05, 3.63) is 71.9 Å². The van der Waals surface area contributed by atoms with Gasteiger partial charge < -0.3 is 4.40 Å². The van der Waals surface area contributed by atoms with Crippen LogP contribution in [0.25, 0.3) is 49.0 Å². The second kappa shape index (κ2) is 5.72. The molecule has 0 saturated heterocycles. The highest BCUT2D eigenvalue weighted by Gasteiger charge is 2.24. The van der Waals surface area contributed by atoms with E-state index in [0.29, 0.717) is 6.04 Å². The number of rotatable bonds is 1. The van der Waals surface area contributed by atoms with Crippen molar-refractivity contribution in [3.8, 4) is 0 Å². The highest BCUT2D eigenvalue weighted by molar-refractivity contribution is 6.25. The average Bonchev–Trinajstić information content (AvgIpc) is 3.03. The van der Waals surface area contributed by atoms with Crippen LogP contribution in [-0.4, -0.2) is 4.40 Å². The monoisotopic (exact) mass is 392 g/mol. The number of aryl methyl sites for hydroxylation is 2. The molecule has 2 heteroatoms. The molecule has 0 unspecified atom stereocenters. The first-order chi connectivity index (χ1) is 14.7. The number of para-hydroxylation sites is 1. The minimum absolute atomic E-state index is 0.217. The molecule has 6 aromatic rings. The van der Waals surface area contributed by atoms with Crippen LogP contribution in [0.4, 0.5) is 0 Å². The summed E-state index contributed by atoms with van der Waals surface area (Å²) in [7, 11) is 2.15. The molecule has 148 valence electrons. The number of hydrogen-bond donors (Lipinski definition) is 0. The molecule has 3 aromatic carbocycles. The fourth-order valence-electron chi connectivity index (χ4n) is 5.36. The van der Waals surface area contributed by atoms with Gasteiger partial charge in [-0.15, -0.1) is 0 Å². The quantitative estimate of drug-likeness (QED) is 0.167. The number of fused-ring (bicyclic) bond motifs is 5. The standard InChI is InChI=1S/C28H27N2/c1-17-10-11-21-20-8-6-7-9-22(20)30-23-15-18(16-28(2,3)4)14-19-12-13-29(5)27(25(19)23)24(17)26(21)30/h6-15H,16H2,1-5H3/q+1/i8D. The van der Waals surface area contributed by atoms with E-state index in [1.165, 1.54) is 49.2 Å². The zero-order chi connectivity index (χ0) is 21.7. The van der Waals surface area contributed by atoms with Crippen molar-refractivity contribution in [2.24, 2.45) is 12.5 Å². The second-order valence-corrected chi connectivity index (χ2v) is 10.0. The fourth-order valence-corrected chi connectivity index (χ4v) is 5.36. The Bertz CT molecular complexity index is 1660. The highest BCUT2D eigenvalue weighted by Crippen LogP contribution is 2.41. The first kappa shape index (κ1) is 16.6. The van der Waals surface area contributed by atoms with E-state index >= 15 is 0 Å². The van der Waals surface area contributed by atoms with Gasteiger partial charge in [-0.05, 0) is 47.4 Å². The lowest BCUT2D eigenvalue weighted by atomic mass is 9.87. The summed E-state index contributed by atoms with van der Waals surface area (Å²) in [5.74, 6) is 0. The van der Waals surface area contributed by atoms with Gasteiger partial charge in [0.25, 0.3) is 0 Å². The summed E-state index contributed by atoms with van der Waals surface area (Å²) in [5.41, 5.74) is 7.73. The predicted molar refractivity (Wildman–Crippen MR) is 128 cm³/mol. The topological polar surface area (TPSA) is 8.29 Å². The van der Waals surface area contributed by atoms with Crippen LogP contribution in [0.15, 0.2) is 60.8 Å². The lowest BCUT2D eigenvalue weighted by Gasteiger charge is -2.20. The predicted octanol–water partition coefficient (Wildman–Crippen LogP) is 6.71. The summed E-state index contributed by atoms with van der Waals surface area (Å²) in [4.78, 5) is 0. The largest absolute Gasteiger partial charge is 0.307 e. The van der Waals surface area contributed by atoms with Crippen LogP contribution in [0.5, 0.6) is 0 Å². The second-order valence-electron chi connectivity index (χ2n) is 10.0. The van der Waals surface area contributed by atoms with Crippen molar-refractivity contribution >= 4 is 49.0 Å². The summed E-state index contributed by atoms with van der Waals surface area (Å²) in [6.07, 6.45) is 3.22. The van der Waals surface area contributed by atoms with Crippen LogP contribution in [-0.2, 0) is 13.5 Å². The Labute approximate surface area is 178 Å². The molecule has 0 aliphatic rings. The van der Waals surface area contributed by atoms with Crippen LogP contribution in [0.3, 0.4) is 0 Å². The van der Waals surface area contributed by atoms with Crippen LogP contribution in [0.1, 0.15) is 33.3 Å². The molecule has 0 radical (unpaired) electrons. The summed E-state index contributed by atoms with van der Waals surface area (Å²) in [6, 6.07) is 18.1. The van der Waals surface area contributed by atoms with Gasteiger partial charge in [0.15, 0.2) is 6.20 Å². The van der Waals surface area contributed by atoms with Gasteiger partial charge in [0.05, 0.1) is 28.7 Å². The molecular formula is C28H27N2+. The lowest BCUT2D eigenvalue weighted by Crippen LogP contribution is -2.29. The molecule has 0 bridgehead atoms. The van der Waals surface area contributed by atoms with Crippen molar-refractivity contribution < 1.29 is 5.94 Å².